The number of hydrogen-bond donors (Lipinski definition) is 2. The summed E-state index contributed by atoms with van der Waals surface area (Å²) in [5, 5.41) is 0. The van der Waals surface area contributed by atoms with Gasteiger partial charge < -0.3 is 36.7 Å². The van der Waals surface area contributed by atoms with Crippen molar-refractivity contribution < 1.29 is 28.3 Å². The van der Waals surface area contributed by atoms with Gasteiger partial charge >= 0.3 is 19.5 Å². The van der Waals surface area contributed by atoms with E-state index in [-0.39, 0.29) is 31.1 Å². The van der Waals surface area contributed by atoms with Crippen molar-refractivity contribution in [2.45, 2.75) is 9.79 Å². The fourth-order valence-electron chi connectivity index (χ4n) is 1.02. The predicted molar refractivity (Wildman–Crippen MR) is 72.9 cm³/mol. The summed E-state index contributed by atoms with van der Waals surface area (Å²) >= 11 is 9.35. The van der Waals surface area contributed by atoms with Gasteiger partial charge in [0.15, 0.2) is 0 Å². The van der Waals surface area contributed by atoms with E-state index >= 15 is 0 Å². The van der Waals surface area contributed by atoms with Crippen molar-refractivity contribution in [1.82, 2.24) is 0 Å². The Kier molecular flexibility index (Phi) is 7.75. The molecule has 0 amide bonds. The average Bonchev–Trinajstić information content (AvgIpc) is 2.30. The van der Waals surface area contributed by atoms with E-state index in [0.717, 1.165) is 0 Å². The molecule has 0 radical (unpaired) electrons. The molecule has 0 aliphatic carbocycles. The van der Waals surface area contributed by atoms with Crippen LogP contribution >= 0.6 is 0 Å². The zero-order valence-corrected chi connectivity index (χ0v) is 14.5. The van der Waals surface area contributed by atoms with Gasteiger partial charge in [-0.3, -0.25) is 0 Å². The Hall–Kier alpha value is -1.04. The van der Waals surface area contributed by atoms with E-state index in [1.807, 2.05) is 0 Å². The molecule has 0 saturated heterocycles. The van der Waals surface area contributed by atoms with E-state index < -0.39 is 0 Å². The Morgan fingerprint density at radius 2 is 1.05 bits per heavy atom. The molecule has 4 N–H and O–H groups in total. The second-order valence-corrected chi connectivity index (χ2v) is 4.24. The smallest absolute Gasteiger partial charge is 0.778 e. The molecule has 0 saturated carbocycles. The maximum absolute atomic E-state index is 12.2. The summed E-state index contributed by atoms with van der Waals surface area (Å²) in [6.45, 7) is 0. The molecule has 2 aromatic carbocycles. The van der Waals surface area contributed by atoms with Crippen molar-refractivity contribution in [3.8, 4) is 0 Å². The quantitative estimate of drug-likeness (QED) is 0.436. The molecule has 0 unspecified atom stereocenters. The Bertz CT molecular complexity index is 504. The normalized spacial score (nSPS) is 8.95. The zero-order chi connectivity index (χ0) is 13.7. The van der Waals surface area contributed by atoms with E-state index in [1.165, 1.54) is 36.4 Å². The van der Waals surface area contributed by atoms with E-state index in [9.17, 15) is 8.78 Å². The van der Waals surface area contributed by atoms with Crippen LogP contribution < -0.4 is 11.5 Å². The van der Waals surface area contributed by atoms with Crippen LogP contribution in [0.5, 0.6) is 0 Å². The second-order valence-electron chi connectivity index (χ2n) is 3.36. The fourth-order valence-corrected chi connectivity index (χ4v) is 1.38. The van der Waals surface area contributed by atoms with Crippen LogP contribution in [0.1, 0.15) is 0 Å². The van der Waals surface area contributed by atoms with Crippen LogP contribution in [0.15, 0.2) is 46.2 Å². The fraction of sp³-hybridized carbons (Fsp3) is 0. The third kappa shape index (κ3) is 6.09. The van der Waals surface area contributed by atoms with Gasteiger partial charge in [0.25, 0.3) is 0 Å². The van der Waals surface area contributed by atoms with Crippen molar-refractivity contribution in [2.75, 3.05) is 11.5 Å². The van der Waals surface area contributed by atoms with Gasteiger partial charge in [0.05, 0.1) is 0 Å². The van der Waals surface area contributed by atoms with Gasteiger partial charge in [-0.2, -0.15) is 0 Å². The van der Waals surface area contributed by atoms with Crippen LogP contribution in [0.2, 0.25) is 0 Å². The summed E-state index contributed by atoms with van der Waals surface area (Å²) in [5.74, 6) is -0.677. The summed E-state index contributed by atoms with van der Waals surface area (Å²) in [6.07, 6.45) is 0. The molecule has 0 atom stereocenters. The van der Waals surface area contributed by atoms with Crippen molar-refractivity contribution in [3.05, 3.63) is 48.0 Å². The van der Waals surface area contributed by atoms with Crippen LogP contribution in [0.3, 0.4) is 0 Å². The molecule has 0 spiro atoms. The van der Waals surface area contributed by atoms with Gasteiger partial charge in [0, 0.05) is 11.4 Å². The molecule has 19 heavy (non-hydrogen) atoms. The number of nitrogens with two attached hydrogens (primary N) is 2. The average molecular weight is 350 g/mol. The van der Waals surface area contributed by atoms with Gasteiger partial charge in [-0.25, -0.2) is 8.78 Å². The van der Waals surface area contributed by atoms with Gasteiger partial charge in [-0.05, 0) is 36.4 Å². The van der Waals surface area contributed by atoms with Gasteiger partial charge in [0.2, 0.25) is 0 Å². The topological polar surface area (TPSA) is 52.0 Å². The summed E-state index contributed by atoms with van der Waals surface area (Å²) in [6, 6.07) is 7.93. The van der Waals surface area contributed by atoms with Crippen LogP contribution in [0, 0.1) is 11.6 Å². The largest absolute Gasteiger partial charge is 2.00 e. The Morgan fingerprint density at radius 3 is 1.26 bits per heavy atom. The molecule has 2 aromatic rings. The zero-order valence-electron chi connectivity index (χ0n) is 9.90. The molecule has 0 aromatic heterocycles. The van der Waals surface area contributed by atoms with Crippen molar-refractivity contribution in [3.63, 3.8) is 0 Å². The molecule has 0 fully saturated rings. The summed E-state index contributed by atoms with van der Waals surface area (Å²) in [4.78, 5) is 0.741. The van der Waals surface area contributed by atoms with E-state index in [0.29, 0.717) is 21.2 Å². The number of halogens is 2. The molecule has 96 valence electrons. The number of nitrogen functional groups attached to an aromatic ring is 2. The Morgan fingerprint density at radius 1 is 0.737 bits per heavy atom. The Labute approximate surface area is 134 Å². The maximum Gasteiger partial charge on any atom is 2.00 e. The van der Waals surface area contributed by atoms with Gasteiger partial charge in [0.1, 0.15) is 11.6 Å². The minimum atomic E-state index is -0.339. The van der Waals surface area contributed by atoms with Crippen molar-refractivity contribution in [1.29, 1.82) is 0 Å². The molecule has 0 aliphatic rings. The molecular weight excluding hydrogens is 340 g/mol. The van der Waals surface area contributed by atoms with Crippen LogP contribution in [-0.2, 0) is 44.7 Å². The molecule has 7 heteroatoms. The number of benzene rings is 2. The maximum atomic E-state index is 12.2. The van der Waals surface area contributed by atoms with Gasteiger partial charge in [-0.15, -0.1) is 9.79 Å². The first-order valence-electron chi connectivity index (χ1n) is 4.84. The number of hydrogen-bond acceptors (Lipinski definition) is 4. The molecule has 2 rings (SSSR count). The standard InChI is InChI=1S/2C6H6FNS.Zn/c2*7-4-1-2-5(8)6(9)3-4;/h2*1-3,9H,8H2;/q;;+2/p-2. The van der Waals surface area contributed by atoms with Crippen molar-refractivity contribution in [2.24, 2.45) is 0 Å². The SMILES string of the molecule is Nc1ccc(F)cc1[S-].Nc1ccc(F)cc1[S-].[Zn+2]. The third-order valence-electron chi connectivity index (χ3n) is 1.95. The first-order valence-corrected chi connectivity index (χ1v) is 5.66. The molecule has 2 nitrogen and oxygen atoms in total. The van der Waals surface area contributed by atoms with Crippen LogP contribution in [0.25, 0.3) is 0 Å². The third-order valence-corrected chi connectivity index (χ3v) is 2.66. The molecular formula is C12H10F2N2S2Zn. The summed E-state index contributed by atoms with van der Waals surface area (Å²) in [7, 11) is 0. The van der Waals surface area contributed by atoms with E-state index in [4.69, 9.17) is 11.5 Å². The van der Waals surface area contributed by atoms with Gasteiger partial charge in [-0.1, -0.05) is 0 Å². The first-order chi connectivity index (χ1) is 8.40. The van der Waals surface area contributed by atoms with Crippen LogP contribution in [-0.4, -0.2) is 0 Å². The Balaban J connectivity index is 0.000000324. The second kappa shape index (κ2) is 8.20. The minimum Gasteiger partial charge on any atom is -0.778 e. The molecule has 0 bridgehead atoms. The van der Waals surface area contributed by atoms with Crippen LogP contribution in [0.4, 0.5) is 20.2 Å². The predicted octanol–water partition coefficient (Wildman–Crippen LogP) is 2.62. The number of anilines is 2. The molecule has 0 heterocycles. The minimum absolute atomic E-state index is 0. The van der Waals surface area contributed by atoms with E-state index in [2.05, 4.69) is 25.3 Å². The van der Waals surface area contributed by atoms with E-state index in [1.54, 1.807) is 0 Å². The number of rotatable bonds is 0. The molecule has 0 aliphatic heterocycles. The summed E-state index contributed by atoms with van der Waals surface area (Å²) in [5.41, 5.74) is 11.5. The first kappa shape index (κ1) is 18.0. The summed E-state index contributed by atoms with van der Waals surface area (Å²) < 4.78 is 24.5. The van der Waals surface area contributed by atoms with Crippen molar-refractivity contribution >= 4 is 36.6 Å². The monoisotopic (exact) mass is 348 g/mol.